The zero-order valence-electron chi connectivity index (χ0n) is 13.6. The van der Waals surface area contributed by atoms with E-state index in [-0.39, 0.29) is 12.4 Å². The molecule has 1 N–H and O–H groups in total. The molecule has 6 nitrogen and oxygen atoms in total. The smallest absolute Gasteiger partial charge is 0.331 e. The van der Waals surface area contributed by atoms with E-state index in [9.17, 15) is 9.59 Å². The van der Waals surface area contributed by atoms with Crippen LogP contribution in [0.3, 0.4) is 0 Å². The van der Waals surface area contributed by atoms with Gasteiger partial charge in [0.1, 0.15) is 11.6 Å². The number of rotatable bonds is 5. The average molecular weight is 296 g/mol. The highest BCUT2D eigenvalue weighted by Crippen LogP contribution is 2.23. The van der Waals surface area contributed by atoms with Gasteiger partial charge in [0.15, 0.2) is 0 Å². The van der Waals surface area contributed by atoms with Crippen LogP contribution in [0.1, 0.15) is 57.1 Å². The molecule has 0 aliphatic heterocycles. The van der Waals surface area contributed by atoms with Crippen LogP contribution in [0, 0.1) is 13.8 Å². The fourth-order valence-corrected chi connectivity index (χ4v) is 2.22. The highest BCUT2D eigenvalue weighted by atomic mass is 16.6. The molecular formula is C15H24N2O4. The number of carbonyl (C=O) groups is 2. The normalized spacial score (nSPS) is 13.0. The molecule has 0 aliphatic rings. The summed E-state index contributed by atoms with van der Waals surface area (Å²) < 4.78 is 7.00. The third-order valence-electron chi connectivity index (χ3n) is 3.16. The van der Waals surface area contributed by atoms with Crippen molar-refractivity contribution in [3.8, 4) is 0 Å². The molecule has 0 spiro atoms. The molecule has 0 fully saturated rings. The van der Waals surface area contributed by atoms with Gasteiger partial charge in [-0.15, -0.1) is 0 Å². The molecule has 6 heteroatoms. The number of hydrogen-bond acceptors (Lipinski definition) is 4. The van der Waals surface area contributed by atoms with Crippen molar-refractivity contribution >= 4 is 11.9 Å². The fraction of sp³-hybridized carbons (Fsp3) is 0.667. The highest BCUT2D eigenvalue weighted by molar-refractivity contribution is 5.75. The number of aromatic nitrogens is 2. The molecule has 0 aliphatic carbocycles. The second-order valence-electron chi connectivity index (χ2n) is 6.12. The quantitative estimate of drug-likeness (QED) is 0.844. The number of nitrogens with zero attached hydrogens (tertiary/aromatic N) is 2. The number of esters is 1. The van der Waals surface area contributed by atoms with Crippen LogP contribution in [0.2, 0.25) is 0 Å². The summed E-state index contributed by atoms with van der Waals surface area (Å²) >= 11 is 0. The minimum atomic E-state index is -0.911. The van der Waals surface area contributed by atoms with Crippen LogP contribution in [-0.4, -0.2) is 32.4 Å². The molecule has 1 heterocycles. The molecule has 0 saturated heterocycles. The van der Waals surface area contributed by atoms with Crippen molar-refractivity contribution in [3.63, 3.8) is 0 Å². The molecule has 1 aromatic rings. The Hall–Kier alpha value is -1.85. The number of aryl methyl sites for hydroxylation is 1. The lowest BCUT2D eigenvalue weighted by atomic mass is 10.1. The van der Waals surface area contributed by atoms with E-state index in [2.05, 4.69) is 5.10 Å². The van der Waals surface area contributed by atoms with E-state index in [0.29, 0.717) is 23.4 Å². The first-order chi connectivity index (χ1) is 9.56. The average Bonchev–Trinajstić information content (AvgIpc) is 2.55. The Balaban J connectivity index is 3.12. The standard InChI is InChI=1S/C15H24N2O4/c1-7-12(14(20)21-15(4,5)6)17-10(3)11(8-13(18)19)9(2)16-17/h12H,7-8H2,1-6H3,(H,18,19). The lowest BCUT2D eigenvalue weighted by Crippen LogP contribution is -2.31. The van der Waals surface area contributed by atoms with E-state index in [1.807, 2.05) is 27.7 Å². The van der Waals surface area contributed by atoms with Crippen LogP contribution in [0.15, 0.2) is 0 Å². The molecule has 0 radical (unpaired) electrons. The number of aliphatic carboxylic acids is 1. The molecule has 1 rings (SSSR count). The van der Waals surface area contributed by atoms with Crippen molar-refractivity contribution in [2.75, 3.05) is 0 Å². The van der Waals surface area contributed by atoms with Crippen LogP contribution in [0.4, 0.5) is 0 Å². The van der Waals surface area contributed by atoms with Gasteiger partial charge >= 0.3 is 11.9 Å². The largest absolute Gasteiger partial charge is 0.481 e. The summed E-state index contributed by atoms with van der Waals surface area (Å²) in [6, 6.07) is -0.537. The molecule has 0 saturated carbocycles. The Morgan fingerprint density at radius 3 is 2.33 bits per heavy atom. The summed E-state index contributed by atoms with van der Waals surface area (Å²) in [6.45, 7) is 10.9. The third-order valence-corrected chi connectivity index (χ3v) is 3.16. The van der Waals surface area contributed by atoms with Crippen molar-refractivity contribution in [3.05, 3.63) is 17.0 Å². The maximum atomic E-state index is 12.3. The molecule has 1 atom stereocenters. The summed E-state index contributed by atoms with van der Waals surface area (Å²) in [4.78, 5) is 23.2. The zero-order chi connectivity index (χ0) is 16.4. The van der Waals surface area contributed by atoms with Gasteiger partial charge in [0.25, 0.3) is 0 Å². The van der Waals surface area contributed by atoms with Gasteiger partial charge in [0.05, 0.1) is 12.1 Å². The van der Waals surface area contributed by atoms with Gasteiger partial charge < -0.3 is 9.84 Å². The topological polar surface area (TPSA) is 81.4 Å². The predicted molar refractivity (Wildman–Crippen MR) is 78.2 cm³/mol. The van der Waals surface area contributed by atoms with Gasteiger partial charge in [-0.1, -0.05) is 6.92 Å². The van der Waals surface area contributed by atoms with E-state index in [4.69, 9.17) is 9.84 Å². The van der Waals surface area contributed by atoms with Crippen LogP contribution in [-0.2, 0) is 20.7 Å². The second kappa shape index (κ2) is 6.28. The van der Waals surface area contributed by atoms with E-state index in [1.165, 1.54) is 0 Å². The fourth-order valence-electron chi connectivity index (χ4n) is 2.22. The summed E-state index contributed by atoms with van der Waals surface area (Å²) in [7, 11) is 0. The molecule has 1 unspecified atom stereocenters. The second-order valence-corrected chi connectivity index (χ2v) is 6.12. The van der Waals surface area contributed by atoms with Crippen LogP contribution >= 0.6 is 0 Å². The number of carboxylic acids is 1. The van der Waals surface area contributed by atoms with Crippen LogP contribution in [0.5, 0.6) is 0 Å². The first-order valence-corrected chi connectivity index (χ1v) is 7.06. The van der Waals surface area contributed by atoms with Crippen LogP contribution < -0.4 is 0 Å². The maximum Gasteiger partial charge on any atom is 0.331 e. The Bertz CT molecular complexity index is 541. The lowest BCUT2D eigenvalue weighted by Gasteiger charge is -2.24. The minimum absolute atomic E-state index is 0.0948. The van der Waals surface area contributed by atoms with Gasteiger partial charge in [-0.2, -0.15) is 5.10 Å². The summed E-state index contributed by atoms with van der Waals surface area (Å²) in [6.07, 6.45) is 0.436. The first-order valence-electron chi connectivity index (χ1n) is 7.06. The molecule has 0 amide bonds. The number of carbonyl (C=O) groups excluding carboxylic acids is 1. The SMILES string of the molecule is CCC(C(=O)OC(C)(C)C)n1nc(C)c(CC(=O)O)c1C. The van der Waals surface area contributed by atoms with E-state index in [1.54, 1.807) is 18.5 Å². The van der Waals surface area contributed by atoms with Crippen molar-refractivity contribution in [1.29, 1.82) is 0 Å². The van der Waals surface area contributed by atoms with E-state index in [0.717, 1.165) is 0 Å². The molecule has 21 heavy (non-hydrogen) atoms. The monoisotopic (exact) mass is 296 g/mol. The molecule has 0 aromatic carbocycles. The predicted octanol–water partition coefficient (Wildman–Crippen LogP) is 2.42. The highest BCUT2D eigenvalue weighted by Gasteiger charge is 2.28. The van der Waals surface area contributed by atoms with Gasteiger partial charge in [0, 0.05) is 11.3 Å². The van der Waals surface area contributed by atoms with Crippen molar-refractivity contribution in [2.24, 2.45) is 0 Å². The molecule has 1 aromatic heterocycles. The Morgan fingerprint density at radius 1 is 1.33 bits per heavy atom. The van der Waals surface area contributed by atoms with Gasteiger partial charge in [0.2, 0.25) is 0 Å². The minimum Gasteiger partial charge on any atom is -0.481 e. The Morgan fingerprint density at radius 2 is 1.90 bits per heavy atom. The molecular weight excluding hydrogens is 272 g/mol. The summed E-state index contributed by atoms with van der Waals surface area (Å²) in [5.74, 6) is -1.26. The number of hydrogen-bond donors (Lipinski definition) is 1. The maximum absolute atomic E-state index is 12.3. The van der Waals surface area contributed by atoms with Crippen molar-refractivity contribution < 1.29 is 19.4 Å². The van der Waals surface area contributed by atoms with Gasteiger partial charge in [-0.05, 0) is 41.0 Å². The Kier molecular flexibility index (Phi) is 5.15. The van der Waals surface area contributed by atoms with Crippen LogP contribution in [0.25, 0.3) is 0 Å². The molecule has 0 bridgehead atoms. The van der Waals surface area contributed by atoms with E-state index < -0.39 is 17.6 Å². The zero-order valence-corrected chi connectivity index (χ0v) is 13.6. The first kappa shape index (κ1) is 17.2. The lowest BCUT2D eigenvalue weighted by molar-refractivity contribution is -0.159. The van der Waals surface area contributed by atoms with Crippen molar-refractivity contribution in [1.82, 2.24) is 9.78 Å². The molecule has 118 valence electrons. The number of ether oxygens (including phenoxy) is 1. The summed E-state index contributed by atoms with van der Waals surface area (Å²) in [5, 5.41) is 13.3. The van der Waals surface area contributed by atoms with Gasteiger partial charge in [-0.3, -0.25) is 9.48 Å². The Labute approximate surface area is 125 Å². The van der Waals surface area contributed by atoms with Gasteiger partial charge in [-0.25, -0.2) is 4.79 Å². The van der Waals surface area contributed by atoms with E-state index >= 15 is 0 Å². The van der Waals surface area contributed by atoms with Crippen molar-refractivity contribution in [2.45, 2.75) is 66.0 Å². The third kappa shape index (κ3) is 4.31. The summed E-state index contributed by atoms with van der Waals surface area (Å²) in [5.41, 5.74) is 1.43. The number of carboxylic acid groups (broad SMARTS) is 1.